The fourth-order valence-corrected chi connectivity index (χ4v) is 3.05. The Hall–Kier alpha value is -0.830. The molecule has 0 bridgehead atoms. The average molecular weight is 347 g/mol. The maximum absolute atomic E-state index is 12.6. The molecule has 0 aliphatic rings. The summed E-state index contributed by atoms with van der Waals surface area (Å²) in [7, 11) is -0.701. The monoisotopic (exact) mass is 346 g/mol. The second kappa shape index (κ2) is 7.44. The van der Waals surface area contributed by atoms with Gasteiger partial charge in [0.15, 0.2) is 0 Å². The zero-order chi connectivity index (χ0) is 15.6. The highest BCUT2D eigenvalue weighted by Gasteiger charge is 2.32. The zero-order valence-corrected chi connectivity index (χ0v) is 13.5. The fraction of sp³-hybridized carbons (Fsp3) is 0.500. The van der Waals surface area contributed by atoms with Crippen molar-refractivity contribution in [2.45, 2.75) is 18.0 Å². The number of alkyl halides is 3. The molecule has 1 aromatic rings. The van der Waals surface area contributed by atoms with E-state index in [-0.39, 0.29) is 29.4 Å². The van der Waals surface area contributed by atoms with Crippen molar-refractivity contribution in [3.05, 3.63) is 29.3 Å². The van der Waals surface area contributed by atoms with Crippen molar-refractivity contribution in [1.29, 1.82) is 0 Å². The van der Waals surface area contributed by atoms with Gasteiger partial charge in [0.2, 0.25) is 10.0 Å². The summed E-state index contributed by atoms with van der Waals surface area (Å²) in [5.41, 5.74) is -0.775. The smallest absolute Gasteiger partial charge is 0.318 e. The van der Waals surface area contributed by atoms with Gasteiger partial charge in [0.25, 0.3) is 0 Å². The number of aryl methyl sites for hydroxylation is 1. The zero-order valence-electron chi connectivity index (χ0n) is 11.9. The second-order valence-electron chi connectivity index (χ2n) is 4.41. The number of hydrogen-bond donors (Lipinski definition) is 1. The highest BCUT2D eigenvalue weighted by molar-refractivity contribution is 7.89. The van der Waals surface area contributed by atoms with Crippen LogP contribution in [0.2, 0.25) is 0 Å². The molecule has 0 atom stereocenters. The van der Waals surface area contributed by atoms with E-state index < -0.39 is 21.8 Å². The van der Waals surface area contributed by atoms with E-state index in [1.807, 2.05) is 0 Å². The van der Waals surface area contributed by atoms with Crippen LogP contribution in [0.4, 0.5) is 13.2 Å². The number of sulfonamides is 1. The Morgan fingerprint density at radius 3 is 2.29 bits per heavy atom. The van der Waals surface area contributed by atoms with Crippen LogP contribution in [-0.4, -0.2) is 39.9 Å². The predicted octanol–water partition coefficient (Wildman–Crippen LogP) is 2.28. The Balaban J connectivity index is 0.00000400. The van der Waals surface area contributed by atoms with Gasteiger partial charge in [-0.3, -0.25) is 0 Å². The topological polar surface area (TPSA) is 49.4 Å². The minimum atomic E-state index is -4.48. The first-order valence-electron chi connectivity index (χ1n) is 5.89. The molecule has 0 amide bonds. The lowest BCUT2D eigenvalue weighted by Gasteiger charge is -2.19. The Morgan fingerprint density at radius 1 is 1.29 bits per heavy atom. The van der Waals surface area contributed by atoms with Gasteiger partial charge in [0, 0.05) is 20.1 Å². The maximum atomic E-state index is 12.6. The molecule has 0 aromatic heterocycles. The number of hydrogen-bond acceptors (Lipinski definition) is 3. The van der Waals surface area contributed by atoms with Crippen LogP contribution in [-0.2, 0) is 16.2 Å². The molecule has 0 spiro atoms. The third-order valence-electron chi connectivity index (χ3n) is 2.87. The van der Waals surface area contributed by atoms with E-state index in [9.17, 15) is 21.6 Å². The summed E-state index contributed by atoms with van der Waals surface area (Å²) in [5, 5.41) is 2.81. The van der Waals surface area contributed by atoms with Gasteiger partial charge in [-0.05, 0) is 37.7 Å². The molecule has 122 valence electrons. The van der Waals surface area contributed by atoms with Crippen LogP contribution in [0.1, 0.15) is 11.1 Å². The van der Waals surface area contributed by atoms with Crippen LogP contribution in [0.5, 0.6) is 0 Å². The number of likely N-dealkylation sites (N-methyl/N-ethyl adjacent to an activating group) is 2. The first-order chi connectivity index (χ1) is 9.10. The third kappa shape index (κ3) is 4.84. The molecular weight excluding hydrogens is 329 g/mol. The van der Waals surface area contributed by atoms with Crippen LogP contribution in [0, 0.1) is 6.92 Å². The molecule has 1 N–H and O–H groups in total. The molecular formula is C12H18ClF3N2O2S. The van der Waals surface area contributed by atoms with Gasteiger partial charge in [0.1, 0.15) is 0 Å². The van der Waals surface area contributed by atoms with Gasteiger partial charge in [-0.15, -0.1) is 12.4 Å². The number of benzene rings is 1. The Labute approximate surface area is 128 Å². The number of nitrogens with one attached hydrogen (secondary N) is 1. The molecule has 1 aromatic carbocycles. The number of halogens is 4. The van der Waals surface area contributed by atoms with E-state index in [2.05, 4.69) is 5.32 Å². The summed E-state index contributed by atoms with van der Waals surface area (Å²) >= 11 is 0. The standard InChI is InChI=1S/C12H17F3N2O2S.ClH/c1-9-8-10(12(13,14)15)4-5-11(9)20(18,19)17(3)7-6-16-2;/h4-5,8,16H,6-7H2,1-3H3;1H. The van der Waals surface area contributed by atoms with Crippen molar-refractivity contribution in [2.24, 2.45) is 0 Å². The first kappa shape index (κ1) is 20.2. The maximum Gasteiger partial charge on any atom is 0.416 e. The molecule has 0 radical (unpaired) electrons. The Bertz CT molecular complexity index is 576. The van der Waals surface area contributed by atoms with Crippen LogP contribution in [0.25, 0.3) is 0 Å². The van der Waals surface area contributed by atoms with Crippen molar-refractivity contribution in [3.63, 3.8) is 0 Å². The third-order valence-corrected chi connectivity index (χ3v) is 4.88. The Morgan fingerprint density at radius 2 is 1.86 bits per heavy atom. The summed E-state index contributed by atoms with van der Waals surface area (Å²) in [6.45, 7) is 2.04. The van der Waals surface area contributed by atoms with Gasteiger partial charge in [-0.1, -0.05) is 0 Å². The molecule has 21 heavy (non-hydrogen) atoms. The van der Waals surface area contributed by atoms with Crippen LogP contribution in [0.3, 0.4) is 0 Å². The summed E-state index contributed by atoms with van der Waals surface area (Å²) in [5.74, 6) is 0. The molecule has 1 rings (SSSR count). The molecule has 0 aliphatic carbocycles. The quantitative estimate of drug-likeness (QED) is 0.890. The molecule has 0 saturated carbocycles. The largest absolute Gasteiger partial charge is 0.416 e. The summed E-state index contributed by atoms with van der Waals surface area (Å²) in [6, 6.07) is 2.63. The van der Waals surface area contributed by atoms with Gasteiger partial charge in [-0.25, -0.2) is 8.42 Å². The molecule has 0 heterocycles. The lowest BCUT2D eigenvalue weighted by atomic mass is 10.1. The van der Waals surface area contributed by atoms with Crippen molar-refractivity contribution < 1.29 is 21.6 Å². The number of nitrogens with zero attached hydrogens (tertiary/aromatic N) is 1. The number of rotatable bonds is 5. The summed E-state index contributed by atoms with van der Waals surface area (Å²) in [4.78, 5) is -0.107. The SMILES string of the molecule is CNCCN(C)S(=O)(=O)c1ccc(C(F)(F)F)cc1C.Cl. The summed E-state index contributed by atoms with van der Waals surface area (Å²) < 4.78 is 63.2. The van der Waals surface area contributed by atoms with Crippen molar-refractivity contribution in [3.8, 4) is 0 Å². The minimum absolute atomic E-state index is 0. The first-order valence-corrected chi connectivity index (χ1v) is 7.33. The molecule has 0 fully saturated rings. The molecule has 4 nitrogen and oxygen atoms in total. The van der Waals surface area contributed by atoms with Gasteiger partial charge in [0.05, 0.1) is 10.5 Å². The summed E-state index contributed by atoms with van der Waals surface area (Å²) in [6.07, 6.45) is -4.48. The van der Waals surface area contributed by atoms with E-state index in [1.165, 1.54) is 14.0 Å². The Kier molecular flexibility index (Phi) is 7.14. The van der Waals surface area contributed by atoms with E-state index >= 15 is 0 Å². The van der Waals surface area contributed by atoms with Gasteiger partial charge in [-0.2, -0.15) is 17.5 Å². The van der Waals surface area contributed by atoms with Crippen molar-refractivity contribution in [2.75, 3.05) is 27.2 Å². The average Bonchev–Trinajstić information content (AvgIpc) is 2.34. The van der Waals surface area contributed by atoms with Gasteiger partial charge < -0.3 is 5.32 Å². The van der Waals surface area contributed by atoms with Crippen molar-refractivity contribution >= 4 is 22.4 Å². The molecule has 0 saturated heterocycles. The molecule has 9 heteroatoms. The van der Waals surface area contributed by atoms with Crippen molar-refractivity contribution in [1.82, 2.24) is 9.62 Å². The van der Waals surface area contributed by atoms with Gasteiger partial charge >= 0.3 is 6.18 Å². The van der Waals surface area contributed by atoms with E-state index in [4.69, 9.17) is 0 Å². The second-order valence-corrected chi connectivity index (χ2v) is 6.42. The highest BCUT2D eigenvalue weighted by Crippen LogP contribution is 2.31. The predicted molar refractivity (Wildman–Crippen MR) is 77.2 cm³/mol. The lowest BCUT2D eigenvalue weighted by molar-refractivity contribution is -0.137. The minimum Gasteiger partial charge on any atom is -0.318 e. The normalized spacial score (nSPS) is 12.3. The van der Waals surface area contributed by atoms with E-state index in [1.54, 1.807) is 7.05 Å². The molecule has 0 unspecified atom stereocenters. The molecule has 0 aliphatic heterocycles. The van der Waals surface area contributed by atoms with E-state index in [0.717, 1.165) is 22.5 Å². The fourth-order valence-electron chi connectivity index (χ4n) is 1.67. The van der Waals surface area contributed by atoms with Crippen LogP contribution in [0.15, 0.2) is 23.1 Å². The van der Waals surface area contributed by atoms with Crippen LogP contribution < -0.4 is 5.32 Å². The van der Waals surface area contributed by atoms with Crippen LogP contribution >= 0.6 is 12.4 Å². The lowest BCUT2D eigenvalue weighted by Crippen LogP contribution is -2.33. The highest BCUT2D eigenvalue weighted by atomic mass is 35.5. The van der Waals surface area contributed by atoms with E-state index in [0.29, 0.717) is 6.54 Å².